The van der Waals surface area contributed by atoms with Gasteiger partial charge in [-0.25, -0.2) is 9.78 Å². The Hall–Kier alpha value is -2.82. The number of hydrogen-bond acceptors (Lipinski definition) is 3. The first-order chi connectivity index (χ1) is 10.8. The Morgan fingerprint density at radius 2 is 1.86 bits per heavy atom. The van der Waals surface area contributed by atoms with E-state index < -0.39 is 6.09 Å². The molecule has 0 aliphatic heterocycles. The normalized spacial score (nSPS) is 10.5. The minimum atomic E-state index is -0.417. The zero-order valence-electron chi connectivity index (χ0n) is 12.1. The molecule has 0 aliphatic carbocycles. The molecule has 2 aromatic carbocycles. The Kier molecular flexibility index (Phi) is 4.34. The summed E-state index contributed by atoms with van der Waals surface area (Å²) in [6, 6.07) is 17.4. The third-order valence-electron chi connectivity index (χ3n) is 3.28. The summed E-state index contributed by atoms with van der Waals surface area (Å²) in [5, 5.41) is 2.72. The summed E-state index contributed by atoms with van der Waals surface area (Å²) >= 11 is 0. The number of H-pyrrole nitrogens is 1. The van der Waals surface area contributed by atoms with Crippen LogP contribution in [0.1, 0.15) is 11.4 Å². The lowest BCUT2D eigenvalue weighted by Gasteiger charge is -2.06. The van der Waals surface area contributed by atoms with Crippen molar-refractivity contribution in [2.45, 2.75) is 13.0 Å². The van der Waals surface area contributed by atoms with Crippen LogP contribution in [0.4, 0.5) is 4.79 Å². The van der Waals surface area contributed by atoms with Crippen LogP contribution in [0.25, 0.3) is 11.0 Å². The number of nitrogens with one attached hydrogen (secondary N) is 2. The van der Waals surface area contributed by atoms with Crippen LogP contribution in [0.5, 0.6) is 0 Å². The van der Waals surface area contributed by atoms with Gasteiger partial charge in [0.25, 0.3) is 0 Å². The van der Waals surface area contributed by atoms with E-state index >= 15 is 0 Å². The lowest BCUT2D eigenvalue weighted by molar-refractivity contribution is 0.140. The second-order valence-corrected chi connectivity index (χ2v) is 4.94. The fraction of sp³-hybridized carbons (Fsp3) is 0.176. The van der Waals surface area contributed by atoms with Crippen LogP contribution in [-0.4, -0.2) is 22.6 Å². The van der Waals surface area contributed by atoms with Crippen LogP contribution in [-0.2, 0) is 17.8 Å². The molecule has 0 aliphatic rings. The van der Waals surface area contributed by atoms with Crippen LogP contribution in [0, 0.1) is 0 Å². The summed E-state index contributed by atoms with van der Waals surface area (Å²) in [4.78, 5) is 19.3. The highest BCUT2D eigenvalue weighted by Gasteiger charge is 2.05. The lowest BCUT2D eigenvalue weighted by atomic mass is 10.2. The second-order valence-electron chi connectivity index (χ2n) is 4.94. The number of ether oxygens (including phenoxy) is 1. The van der Waals surface area contributed by atoms with Gasteiger partial charge in [-0.3, -0.25) is 0 Å². The molecular formula is C17H17N3O2. The first kappa shape index (κ1) is 14.1. The monoisotopic (exact) mass is 295 g/mol. The van der Waals surface area contributed by atoms with E-state index in [1.165, 1.54) is 0 Å². The number of benzene rings is 2. The fourth-order valence-corrected chi connectivity index (χ4v) is 2.18. The minimum absolute atomic E-state index is 0.275. The maximum atomic E-state index is 11.6. The molecule has 0 saturated heterocycles. The lowest BCUT2D eigenvalue weighted by Crippen LogP contribution is -2.26. The number of carbonyl (C=O) groups is 1. The second kappa shape index (κ2) is 6.76. The Morgan fingerprint density at radius 1 is 1.09 bits per heavy atom. The van der Waals surface area contributed by atoms with Gasteiger partial charge in [-0.15, -0.1) is 0 Å². The van der Waals surface area contributed by atoms with Gasteiger partial charge in [0.05, 0.1) is 11.0 Å². The molecule has 0 radical (unpaired) electrons. The number of rotatable bonds is 5. The van der Waals surface area contributed by atoms with Crippen LogP contribution in [0.3, 0.4) is 0 Å². The molecule has 2 N–H and O–H groups in total. The Balaban J connectivity index is 1.43. The van der Waals surface area contributed by atoms with E-state index in [-0.39, 0.29) is 6.61 Å². The Bertz CT molecular complexity index is 720. The average molecular weight is 295 g/mol. The van der Waals surface area contributed by atoms with Gasteiger partial charge >= 0.3 is 6.09 Å². The van der Waals surface area contributed by atoms with E-state index in [0.29, 0.717) is 13.0 Å². The van der Waals surface area contributed by atoms with Crippen molar-refractivity contribution >= 4 is 17.1 Å². The van der Waals surface area contributed by atoms with Crippen molar-refractivity contribution in [2.75, 3.05) is 6.54 Å². The van der Waals surface area contributed by atoms with E-state index in [4.69, 9.17) is 4.74 Å². The summed E-state index contributed by atoms with van der Waals surface area (Å²) in [6.45, 7) is 0.755. The van der Waals surface area contributed by atoms with Gasteiger partial charge in [0.1, 0.15) is 12.4 Å². The number of alkyl carbamates (subject to hydrolysis) is 1. The largest absolute Gasteiger partial charge is 0.445 e. The molecule has 0 bridgehead atoms. The first-order valence-corrected chi connectivity index (χ1v) is 7.19. The predicted molar refractivity (Wildman–Crippen MR) is 84.4 cm³/mol. The van der Waals surface area contributed by atoms with E-state index in [2.05, 4.69) is 15.3 Å². The molecule has 5 nitrogen and oxygen atoms in total. The summed E-state index contributed by atoms with van der Waals surface area (Å²) < 4.78 is 5.14. The number of para-hydroxylation sites is 2. The summed E-state index contributed by atoms with van der Waals surface area (Å²) in [6.07, 6.45) is 0.217. The highest BCUT2D eigenvalue weighted by Crippen LogP contribution is 2.10. The van der Waals surface area contributed by atoms with Gasteiger partial charge in [-0.2, -0.15) is 0 Å². The maximum absolute atomic E-state index is 11.6. The predicted octanol–water partition coefficient (Wildman–Crippen LogP) is 3.03. The molecule has 0 spiro atoms. The van der Waals surface area contributed by atoms with Crippen LogP contribution >= 0.6 is 0 Å². The zero-order valence-corrected chi connectivity index (χ0v) is 12.1. The third kappa shape index (κ3) is 3.63. The van der Waals surface area contributed by atoms with Crippen molar-refractivity contribution in [3.05, 3.63) is 66.0 Å². The maximum Gasteiger partial charge on any atom is 0.407 e. The number of amides is 1. The van der Waals surface area contributed by atoms with Crippen LogP contribution < -0.4 is 5.32 Å². The topological polar surface area (TPSA) is 67.0 Å². The Labute approximate surface area is 128 Å². The van der Waals surface area contributed by atoms with E-state index in [0.717, 1.165) is 22.4 Å². The van der Waals surface area contributed by atoms with Gasteiger partial charge in [0, 0.05) is 13.0 Å². The zero-order chi connectivity index (χ0) is 15.2. The molecular weight excluding hydrogens is 278 g/mol. The molecule has 1 amide bonds. The number of carbonyl (C=O) groups excluding carboxylic acids is 1. The number of nitrogens with zero attached hydrogens (tertiary/aromatic N) is 1. The molecule has 3 rings (SSSR count). The average Bonchev–Trinajstić information content (AvgIpc) is 2.96. The van der Waals surface area contributed by atoms with E-state index in [9.17, 15) is 4.79 Å². The van der Waals surface area contributed by atoms with Crippen molar-refractivity contribution in [3.63, 3.8) is 0 Å². The van der Waals surface area contributed by atoms with Crippen molar-refractivity contribution in [1.82, 2.24) is 15.3 Å². The third-order valence-corrected chi connectivity index (χ3v) is 3.28. The van der Waals surface area contributed by atoms with E-state index in [1.807, 2.05) is 54.6 Å². The smallest absolute Gasteiger partial charge is 0.407 e. The summed E-state index contributed by atoms with van der Waals surface area (Å²) in [7, 11) is 0. The number of hydrogen-bond donors (Lipinski definition) is 2. The molecule has 0 unspecified atom stereocenters. The molecule has 0 saturated carbocycles. The highest BCUT2D eigenvalue weighted by molar-refractivity contribution is 5.74. The van der Waals surface area contributed by atoms with Gasteiger partial charge in [-0.05, 0) is 17.7 Å². The SMILES string of the molecule is O=C(NCCc1nc2ccccc2[nH]1)OCc1ccccc1. The van der Waals surface area contributed by atoms with Gasteiger partial charge < -0.3 is 15.0 Å². The number of fused-ring (bicyclic) bond motifs is 1. The van der Waals surface area contributed by atoms with Crippen LogP contribution in [0.15, 0.2) is 54.6 Å². The molecule has 1 aromatic heterocycles. The molecule has 0 atom stereocenters. The van der Waals surface area contributed by atoms with Crippen molar-refractivity contribution in [2.24, 2.45) is 0 Å². The molecule has 3 aromatic rings. The molecule has 1 heterocycles. The minimum Gasteiger partial charge on any atom is -0.445 e. The van der Waals surface area contributed by atoms with Crippen molar-refractivity contribution in [1.29, 1.82) is 0 Å². The molecule has 5 heteroatoms. The number of imidazole rings is 1. The van der Waals surface area contributed by atoms with Gasteiger partial charge in [0.15, 0.2) is 0 Å². The van der Waals surface area contributed by atoms with E-state index in [1.54, 1.807) is 0 Å². The van der Waals surface area contributed by atoms with Crippen molar-refractivity contribution < 1.29 is 9.53 Å². The highest BCUT2D eigenvalue weighted by atomic mass is 16.5. The summed E-state index contributed by atoms with van der Waals surface area (Å²) in [5.41, 5.74) is 2.91. The quantitative estimate of drug-likeness (QED) is 0.760. The van der Waals surface area contributed by atoms with Gasteiger partial charge in [0.2, 0.25) is 0 Å². The summed E-state index contributed by atoms with van der Waals surface area (Å²) in [5.74, 6) is 0.851. The number of aromatic nitrogens is 2. The van der Waals surface area contributed by atoms with Gasteiger partial charge in [-0.1, -0.05) is 42.5 Å². The molecule has 112 valence electrons. The standard InChI is InChI=1S/C17H17N3O2/c21-17(22-12-13-6-2-1-3-7-13)18-11-10-16-19-14-8-4-5-9-15(14)20-16/h1-9H,10-12H2,(H,18,21)(H,19,20). The molecule has 22 heavy (non-hydrogen) atoms. The Morgan fingerprint density at radius 3 is 2.68 bits per heavy atom. The molecule has 0 fully saturated rings. The fourth-order valence-electron chi connectivity index (χ4n) is 2.18. The number of aromatic amines is 1. The van der Waals surface area contributed by atoms with Crippen LogP contribution in [0.2, 0.25) is 0 Å². The first-order valence-electron chi connectivity index (χ1n) is 7.19. The van der Waals surface area contributed by atoms with Crippen molar-refractivity contribution in [3.8, 4) is 0 Å².